The molecule has 2 aliphatic rings. The fraction of sp³-hybridized carbons (Fsp3) is 0.545. The Labute approximate surface area is 181 Å². The van der Waals surface area contributed by atoms with Crippen molar-refractivity contribution in [2.45, 2.75) is 46.2 Å². The summed E-state index contributed by atoms with van der Waals surface area (Å²) in [5.74, 6) is 1.77. The molecular weight excluding hydrogens is 394 g/mol. The lowest BCUT2D eigenvalue weighted by molar-refractivity contribution is 0.120. The minimum Gasteiger partial charge on any atom is -0.361 e. The van der Waals surface area contributed by atoms with Crippen LogP contribution in [0.4, 0.5) is 0 Å². The van der Waals surface area contributed by atoms with Crippen LogP contribution in [-0.4, -0.2) is 67.2 Å². The van der Waals surface area contributed by atoms with Crippen molar-refractivity contribution in [1.29, 1.82) is 0 Å². The zero-order valence-corrected chi connectivity index (χ0v) is 18.3. The molecule has 0 bridgehead atoms. The van der Waals surface area contributed by atoms with E-state index in [1.165, 1.54) is 12.0 Å². The van der Waals surface area contributed by atoms with Crippen molar-refractivity contribution >= 4 is 0 Å². The van der Waals surface area contributed by atoms with Crippen molar-refractivity contribution in [2.24, 2.45) is 0 Å². The summed E-state index contributed by atoms with van der Waals surface area (Å²) < 4.78 is 8.82. The molecule has 0 amide bonds. The van der Waals surface area contributed by atoms with Crippen LogP contribution in [0.2, 0.25) is 0 Å². The Bertz CT molecular complexity index is 1120. The van der Waals surface area contributed by atoms with Gasteiger partial charge in [0.05, 0.1) is 12.2 Å². The number of rotatable bonds is 6. The van der Waals surface area contributed by atoms with Crippen LogP contribution >= 0.6 is 0 Å². The quantitative estimate of drug-likeness (QED) is 0.591. The average molecular weight is 424 g/mol. The van der Waals surface area contributed by atoms with Gasteiger partial charge in [-0.2, -0.15) is 5.10 Å². The lowest BCUT2D eigenvalue weighted by atomic mass is 10.2. The summed E-state index contributed by atoms with van der Waals surface area (Å²) in [7, 11) is 0. The van der Waals surface area contributed by atoms with Crippen molar-refractivity contribution in [3.63, 3.8) is 0 Å². The lowest BCUT2D eigenvalue weighted by Gasteiger charge is -2.34. The van der Waals surface area contributed by atoms with Gasteiger partial charge < -0.3 is 4.52 Å². The van der Waals surface area contributed by atoms with E-state index in [1.54, 1.807) is 21.5 Å². The van der Waals surface area contributed by atoms with Crippen LogP contribution in [0.1, 0.15) is 34.8 Å². The van der Waals surface area contributed by atoms with Gasteiger partial charge in [0.25, 0.3) is 5.56 Å². The molecule has 1 saturated heterocycles. The second-order valence-corrected chi connectivity index (χ2v) is 8.59. The second kappa shape index (κ2) is 8.39. The first kappa shape index (κ1) is 20.1. The molecule has 3 aromatic rings. The highest BCUT2D eigenvalue weighted by Crippen LogP contribution is 2.26. The number of hydrogen-bond acceptors (Lipinski definition) is 7. The molecule has 9 nitrogen and oxygen atoms in total. The molecule has 9 heteroatoms. The van der Waals surface area contributed by atoms with Crippen molar-refractivity contribution in [3.8, 4) is 5.82 Å². The molecule has 0 atom stereocenters. The van der Waals surface area contributed by atoms with Crippen LogP contribution in [0.15, 0.2) is 27.5 Å². The van der Waals surface area contributed by atoms with Crippen molar-refractivity contribution in [2.75, 3.05) is 32.7 Å². The molecule has 1 aliphatic heterocycles. The van der Waals surface area contributed by atoms with Gasteiger partial charge in [-0.3, -0.25) is 14.6 Å². The standard InChI is InChI=1S/C22H29N7O2/c1-16-14-17(2)29(23-16)21-6-7-22(30)28(24-21)13-12-26-8-10-27(11-9-26)15-19-18-4-3-5-20(18)31-25-19/h6-7,14H,3-5,8-13,15H2,1-2H3. The van der Waals surface area contributed by atoms with Crippen molar-refractivity contribution in [3.05, 3.63) is 57.0 Å². The molecule has 31 heavy (non-hydrogen) atoms. The van der Waals surface area contributed by atoms with Gasteiger partial charge in [-0.25, -0.2) is 9.36 Å². The zero-order chi connectivity index (χ0) is 21.4. The molecule has 0 N–H and O–H groups in total. The van der Waals surface area contributed by atoms with Crippen LogP contribution < -0.4 is 5.56 Å². The average Bonchev–Trinajstić information content (AvgIpc) is 3.46. The SMILES string of the molecule is Cc1cc(C)n(-c2ccc(=O)n(CCN3CCN(Cc4noc5c4CCC5)CC3)n2)n1. The maximum atomic E-state index is 12.3. The maximum absolute atomic E-state index is 12.3. The Morgan fingerprint density at radius 1 is 1.00 bits per heavy atom. The normalized spacial score (nSPS) is 17.4. The number of fused-ring (bicyclic) bond motifs is 1. The van der Waals surface area contributed by atoms with E-state index in [0.29, 0.717) is 12.4 Å². The van der Waals surface area contributed by atoms with Gasteiger partial charge in [0.15, 0.2) is 5.82 Å². The van der Waals surface area contributed by atoms with Crippen LogP contribution in [-0.2, 0) is 25.9 Å². The first-order valence-corrected chi connectivity index (χ1v) is 11.1. The van der Waals surface area contributed by atoms with E-state index in [1.807, 2.05) is 19.9 Å². The Morgan fingerprint density at radius 2 is 1.81 bits per heavy atom. The van der Waals surface area contributed by atoms with Gasteiger partial charge in [0.1, 0.15) is 11.5 Å². The number of piperazine rings is 1. The smallest absolute Gasteiger partial charge is 0.266 e. The summed E-state index contributed by atoms with van der Waals surface area (Å²) >= 11 is 0. The van der Waals surface area contributed by atoms with E-state index in [0.717, 1.165) is 75.0 Å². The first-order valence-electron chi connectivity index (χ1n) is 11.1. The Morgan fingerprint density at radius 3 is 2.58 bits per heavy atom. The summed E-state index contributed by atoms with van der Waals surface area (Å²) in [6.07, 6.45) is 3.32. The summed E-state index contributed by atoms with van der Waals surface area (Å²) in [6, 6.07) is 5.31. The zero-order valence-electron chi connectivity index (χ0n) is 18.3. The van der Waals surface area contributed by atoms with Gasteiger partial charge in [0, 0.05) is 63.0 Å². The minimum atomic E-state index is -0.0798. The van der Waals surface area contributed by atoms with Crippen LogP contribution in [0.3, 0.4) is 0 Å². The first-order chi connectivity index (χ1) is 15.1. The van der Waals surface area contributed by atoms with Crippen LogP contribution in [0.5, 0.6) is 0 Å². The van der Waals surface area contributed by atoms with E-state index in [-0.39, 0.29) is 5.56 Å². The molecule has 0 radical (unpaired) electrons. The topological polar surface area (TPSA) is 85.2 Å². The summed E-state index contributed by atoms with van der Waals surface area (Å²) in [5, 5.41) is 13.3. The van der Waals surface area contributed by atoms with E-state index in [9.17, 15) is 4.79 Å². The fourth-order valence-corrected chi connectivity index (χ4v) is 4.60. The van der Waals surface area contributed by atoms with Crippen LogP contribution in [0.25, 0.3) is 5.82 Å². The second-order valence-electron chi connectivity index (χ2n) is 8.59. The van der Waals surface area contributed by atoms with Gasteiger partial charge in [-0.05, 0) is 38.8 Å². The summed E-state index contributed by atoms with van der Waals surface area (Å²) in [4.78, 5) is 17.2. The molecule has 3 aromatic heterocycles. The Balaban J connectivity index is 1.16. The predicted molar refractivity (Wildman–Crippen MR) is 115 cm³/mol. The summed E-state index contributed by atoms with van der Waals surface area (Å²) in [6.45, 7) is 10.1. The third kappa shape index (κ3) is 4.20. The Hall–Kier alpha value is -2.78. The highest BCUT2D eigenvalue weighted by atomic mass is 16.5. The minimum absolute atomic E-state index is 0.0798. The third-order valence-electron chi connectivity index (χ3n) is 6.33. The molecule has 0 spiro atoms. The largest absolute Gasteiger partial charge is 0.361 e. The van der Waals surface area contributed by atoms with Crippen LogP contribution in [0, 0.1) is 13.8 Å². The van der Waals surface area contributed by atoms with Gasteiger partial charge >= 0.3 is 0 Å². The summed E-state index contributed by atoms with van der Waals surface area (Å²) in [5.41, 5.74) is 4.33. The number of aromatic nitrogens is 5. The van der Waals surface area contributed by atoms with Gasteiger partial charge in [-0.1, -0.05) is 5.16 Å². The highest BCUT2D eigenvalue weighted by molar-refractivity contribution is 5.27. The highest BCUT2D eigenvalue weighted by Gasteiger charge is 2.24. The number of nitrogens with zero attached hydrogens (tertiary/aromatic N) is 7. The molecule has 1 aliphatic carbocycles. The van der Waals surface area contributed by atoms with E-state index >= 15 is 0 Å². The molecular formula is C22H29N7O2. The van der Waals surface area contributed by atoms with Gasteiger partial charge in [-0.15, -0.1) is 5.10 Å². The molecule has 0 saturated carbocycles. The predicted octanol–water partition coefficient (Wildman–Crippen LogP) is 1.34. The molecule has 0 aromatic carbocycles. The molecule has 4 heterocycles. The Kier molecular flexibility index (Phi) is 5.45. The molecule has 5 rings (SSSR count). The molecule has 0 unspecified atom stereocenters. The third-order valence-corrected chi connectivity index (χ3v) is 6.33. The van der Waals surface area contributed by atoms with E-state index in [2.05, 4.69) is 25.2 Å². The van der Waals surface area contributed by atoms with E-state index < -0.39 is 0 Å². The number of aryl methyl sites for hydroxylation is 3. The molecule has 1 fully saturated rings. The van der Waals surface area contributed by atoms with Crippen molar-refractivity contribution < 1.29 is 4.52 Å². The van der Waals surface area contributed by atoms with Crippen molar-refractivity contribution in [1.82, 2.24) is 34.5 Å². The maximum Gasteiger partial charge on any atom is 0.266 e. The fourth-order valence-electron chi connectivity index (χ4n) is 4.60. The lowest BCUT2D eigenvalue weighted by Crippen LogP contribution is -2.47. The monoisotopic (exact) mass is 423 g/mol. The van der Waals surface area contributed by atoms with E-state index in [4.69, 9.17) is 4.52 Å². The van der Waals surface area contributed by atoms with Gasteiger partial charge in [0.2, 0.25) is 0 Å². The number of hydrogen-bond donors (Lipinski definition) is 0. The molecule has 164 valence electrons.